The smallest absolute Gasteiger partial charge is 0.277 e. The number of benzene rings is 1. The molecule has 0 saturated heterocycles. The quantitative estimate of drug-likeness (QED) is 0.545. The van der Waals surface area contributed by atoms with Gasteiger partial charge in [0.1, 0.15) is 17.2 Å². The van der Waals surface area contributed by atoms with E-state index in [4.69, 9.17) is 16.3 Å². The lowest BCUT2D eigenvalue weighted by Gasteiger charge is -2.06. The molecule has 0 aliphatic rings. The van der Waals surface area contributed by atoms with Gasteiger partial charge >= 0.3 is 0 Å². The fourth-order valence-corrected chi connectivity index (χ4v) is 3.63. The fraction of sp³-hybridized carbons (Fsp3) is 0.0556. The van der Waals surface area contributed by atoms with Crippen molar-refractivity contribution < 1.29 is 13.9 Å². The van der Waals surface area contributed by atoms with Gasteiger partial charge in [0, 0.05) is 17.1 Å². The first kappa shape index (κ1) is 17.4. The van der Waals surface area contributed by atoms with Crippen molar-refractivity contribution >= 4 is 39.6 Å². The molecule has 0 unspecified atom stereocenters. The molecule has 27 heavy (non-hydrogen) atoms. The first-order chi connectivity index (χ1) is 13.1. The number of fused-ring (bicyclic) bond motifs is 1. The van der Waals surface area contributed by atoms with Crippen LogP contribution < -0.4 is 10.1 Å². The van der Waals surface area contributed by atoms with Crippen LogP contribution >= 0.6 is 22.9 Å². The molecular weight excluding hydrogens is 391 g/mol. The topological polar surface area (TPSA) is 68.5 Å². The molecule has 0 aliphatic heterocycles. The highest BCUT2D eigenvalue weighted by atomic mass is 35.5. The number of methoxy groups -OCH3 is 1. The van der Waals surface area contributed by atoms with Gasteiger partial charge in [0.25, 0.3) is 5.91 Å². The lowest BCUT2D eigenvalue weighted by molar-refractivity contribution is 0.102. The second kappa shape index (κ2) is 6.98. The highest BCUT2D eigenvalue weighted by molar-refractivity contribution is 7.14. The van der Waals surface area contributed by atoms with E-state index in [0.29, 0.717) is 27.8 Å². The molecule has 1 amide bonds. The number of anilines is 1. The Morgan fingerprint density at radius 3 is 2.96 bits per heavy atom. The van der Waals surface area contributed by atoms with Gasteiger partial charge in [-0.2, -0.15) is 0 Å². The molecule has 0 fully saturated rings. The van der Waals surface area contributed by atoms with E-state index in [1.54, 1.807) is 34.2 Å². The van der Waals surface area contributed by atoms with Gasteiger partial charge in [0.2, 0.25) is 0 Å². The van der Waals surface area contributed by atoms with Crippen LogP contribution in [-0.4, -0.2) is 27.4 Å². The number of thiazole rings is 1. The van der Waals surface area contributed by atoms with E-state index in [2.05, 4.69) is 15.3 Å². The number of ether oxygens (including phenoxy) is 1. The van der Waals surface area contributed by atoms with Crippen molar-refractivity contribution in [2.75, 3.05) is 12.4 Å². The van der Waals surface area contributed by atoms with E-state index in [1.807, 2.05) is 0 Å². The third-order valence-corrected chi connectivity index (χ3v) is 4.89. The normalized spacial score (nSPS) is 10.9. The summed E-state index contributed by atoms with van der Waals surface area (Å²) in [5.74, 6) is -0.350. The number of nitrogens with one attached hydrogen (secondary N) is 1. The second-order valence-corrected chi connectivity index (χ2v) is 6.73. The summed E-state index contributed by atoms with van der Waals surface area (Å²) in [6.07, 6.45) is 1.70. The molecule has 0 aliphatic carbocycles. The fourth-order valence-electron chi connectivity index (χ4n) is 2.66. The monoisotopic (exact) mass is 402 g/mol. The van der Waals surface area contributed by atoms with E-state index in [1.165, 1.54) is 36.6 Å². The third-order valence-electron chi connectivity index (χ3n) is 3.86. The molecule has 3 aromatic heterocycles. The molecule has 0 spiro atoms. The van der Waals surface area contributed by atoms with Gasteiger partial charge in [-0.25, -0.2) is 14.4 Å². The Morgan fingerprint density at radius 2 is 2.15 bits per heavy atom. The van der Waals surface area contributed by atoms with Crippen LogP contribution in [0.3, 0.4) is 0 Å². The summed E-state index contributed by atoms with van der Waals surface area (Å²) in [6, 6.07) is 9.51. The van der Waals surface area contributed by atoms with Crippen molar-refractivity contribution in [1.82, 2.24) is 14.4 Å². The number of halogens is 2. The van der Waals surface area contributed by atoms with Crippen molar-refractivity contribution in [3.8, 4) is 17.0 Å². The average Bonchev–Trinajstić information content (AvgIpc) is 3.24. The van der Waals surface area contributed by atoms with Crippen LogP contribution in [0.1, 0.15) is 10.5 Å². The number of hydrogen-bond donors (Lipinski definition) is 1. The molecule has 136 valence electrons. The zero-order valence-electron chi connectivity index (χ0n) is 13.9. The Hall–Kier alpha value is -2.97. The summed E-state index contributed by atoms with van der Waals surface area (Å²) in [7, 11) is 1.50. The number of pyridine rings is 1. The van der Waals surface area contributed by atoms with Gasteiger partial charge < -0.3 is 4.74 Å². The molecule has 6 nitrogen and oxygen atoms in total. The molecule has 0 saturated carbocycles. The Labute approximate surface area is 162 Å². The van der Waals surface area contributed by atoms with Gasteiger partial charge in [-0.1, -0.05) is 17.7 Å². The van der Waals surface area contributed by atoms with E-state index in [-0.39, 0.29) is 10.8 Å². The van der Waals surface area contributed by atoms with Crippen LogP contribution in [0.4, 0.5) is 9.52 Å². The van der Waals surface area contributed by atoms with Crippen LogP contribution in [-0.2, 0) is 0 Å². The van der Waals surface area contributed by atoms with Crippen LogP contribution in [0.15, 0.2) is 48.0 Å². The molecule has 0 bridgehead atoms. The maximum atomic E-state index is 13.6. The molecule has 1 N–H and O–H groups in total. The number of rotatable bonds is 4. The summed E-state index contributed by atoms with van der Waals surface area (Å²) in [5.41, 5.74) is 1.78. The Bertz CT molecular complexity index is 1160. The van der Waals surface area contributed by atoms with Gasteiger partial charge in [-0.3, -0.25) is 14.5 Å². The van der Waals surface area contributed by atoms with Gasteiger partial charge in [0.15, 0.2) is 16.0 Å². The van der Waals surface area contributed by atoms with Crippen LogP contribution in [0.25, 0.3) is 16.9 Å². The number of aromatic nitrogens is 3. The molecule has 0 radical (unpaired) electrons. The van der Waals surface area contributed by atoms with Gasteiger partial charge in [-0.15, -0.1) is 11.3 Å². The summed E-state index contributed by atoms with van der Waals surface area (Å²) in [6.45, 7) is 0. The summed E-state index contributed by atoms with van der Waals surface area (Å²) >= 11 is 7.33. The lowest BCUT2D eigenvalue weighted by Crippen LogP contribution is -2.14. The summed E-state index contributed by atoms with van der Waals surface area (Å²) in [5, 5.41) is 4.87. The number of amides is 1. The SMILES string of the molecule is COc1ccc(F)cc1-c1csc(NC(=O)c2c(Cl)nc3ccccn23)n1. The molecule has 1 aromatic carbocycles. The average molecular weight is 403 g/mol. The highest BCUT2D eigenvalue weighted by Crippen LogP contribution is 2.33. The molecule has 3 heterocycles. The summed E-state index contributed by atoms with van der Waals surface area (Å²) in [4.78, 5) is 21.2. The van der Waals surface area contributed by atoms with Crippen LogP contribution in [0.5, 0.6) is 5.75 Å². The molecular formula is C18H12ClFN4O2S. The third kappa shape index (κ3) is 3.24. The van der Waals surface area contributed by atoms with Crippen molar-refractivity contribution in [2.24, 2.45) is 0 Å². The van der Waals surface area contributed by atoms with Gasteiger partial charge in [-0.05, 0) is 30.3 Å². The largest absolute Gasteiger partial charge is 0.496 e. The standard InChI is InChI=1S/C18H12ClFN4O2S/c1-26-13-6-5-10(20)8-11(13)12-9-27-18(21-12)23-17(25)15-16(19)22-14-4-2-3-7-24(14)15/h2-9H,1H3,(H,21,23,25). The number of carbonyl (C=O) groups excluding carboxylic acids is 1. The zero-order valence-corrected chi connectivity index (χ0v) is 15.5. The maximum absolute atomic E-state index is 13.6. The van der Waals surface area contributed by atoms with Crippen molar-refractivity contribution in [3.63, 3.8) is 0 Å². The second-order valence-electron chi connectivity index (χ2n) is 5.52. The first-order valence-corrected chi connectivity index (χ1v) is 9.06. The number of nitrogens with zero attached hydrogens (tertiary/aromatic N) is 3. The minimum atomic E-state index is -0.439. The van der Waals surface area contributed by atoms with Gasteiger partial charge in [0.05, 0.1) is 12.8 Å². The van der Waals surface area contributed by atoms with E-state index >= 15 is 0 Å². The number of carbonyl (C=O) groups is 1. The number of hydrogen-bond acceptors (Lipinski definition) is 5. The summed E-state index contributed by atoms with van der Waals surface area (Å²) < 4.78 is 20.4. The first-order valence-electron chi connectivity index (χ1n) is 7.80. The lowest BCUT2D eigenvalue weighted by atomic mass is 10.1. The molecule has 4 rings (SSSR count). The van der Waals surface area contributed by atoms with Crippen molar-refractivity contribution in [1.29, 1.82) is 0 Å². The van der Waals surface area contributed by atoms with E-state index < -0.39 is 11.7 Å². The maximum Gasteiger partial charge on any atom is 0.277 e. The highest BCUT2D eigenvalue weighted by Gasteiger charge is 2.19. The van der Waals surface area contributed by atoms with Crippen molar-refractivity contribution in [3.05, 3.63) is 64.6 Å². The van der Waals surface area contributed by atoms with Crippen LogP contribution in [0, 0.1) is 5.82 Å². The Balaban J connectivity index is 1.64. The van der Waals surface area contributed by atoms with Crippen molar-refractivity contribution in [2.45, 2.75) is 0 Å². The Kier molecular flexibility index (Phi) is 4.51. The Morgan fingerprint density at radius 1 is 1.30 bits per heavy atom. The van der Waals surface area contributed by atoms with E-state index in [9.17, 15) is 9.18 Å². The number of imidazole rings is 1. The minimum absolute atomic E-state index is 0.0993. The predicted octanol–water partition coefficient (Wildman–Crippen LogP) is 4.51. The zero-order chi connectivity index (χ0) is 19.0. The predicted molar refractivity (Wildman–Crippen MR) is 102 cm³/mol. The minimum Gasteiger partial charge on any atom is -0.496 e. The molecule has 9 heteroatoms. The van der Waals surface area contributed by atoms with Crippen LogP contribution in [0.2, 0.25) is 5.15 Å². The van der Waals surface area contributed by atoms with E-state index in [0.717, 1.165) is 0 Å². The molecule has 0 atom stereocenters. The molecule has 4 aromatic rings.